The number of hydrogen-bond acceptors (Lipinski definition) is 4. The molecule has 0 amide bonds. The van der Waals surface area contributed by atoms with Gasteiger partial charge in [-0.2, -0.15) is 4.98 Å². The van der Waals surface area contributed by atoms with Gasteiger partial charge in [0.05, 0.1) is 11.4 Å². The van der Waals surface area contributed by atoms with Crippen LogP contribution in [0, 0.1) is 0 Å². The lowest BCUT2D eigenvalue weighted by Gasteiger charge is -2.21. The highest BCUT2D eigenvalue weighted by Crippen LogP contribution is 2.41. The van der Waals surface area contributed by atoms with Gasteiger partial charge < -0.3 is 4.42 Å². The van der Waals surface area contributed by atoms with E-state index in [4.69, 9.17) is 9.40 Å². The zero-order valence-electron chi connectivity index (χ0n) is 20.9. The Balaban J connectivity index is 1.26. The van der Waals surface area contributed by atoms with Crippen molar-refractivity contribution in [2.24, 2.45) is 0 Å². The Morgan fingerprint density at radius 1 is 0.564 bits per heavy atom. The molecule has 0 atom stereocenters. The first-order valence-electron chi connectivity index (χ1n) is 13.0. The fraction of sp³-hybridized carbons (Fsp3) is 0. The van der Waals surface area contributed by atoms with Crippen molar-refractivity contribution in [2.45, 2.75) is 0 Å². The van der Waals surface area contributed by atoms with E-state index in [2.05, 4.69) is 102 Å². The van der Waals surface area contributed by atoms with Gasteiger partial charge in [-0.1, -0.05) is 97.1 Å². The van der Waals surface area contributed by atoms with Gasteiger partial charge in [0, 0.05) is 25.6 Å². The molecule has 3 nitrogen and oxygen atoms in total. The average Bonchev–Trinajstić information content (AvgIpc) is 3.60. The standard InChI is InChI=1S/C35H22N2OS/c1-2-10-25(11-3-1)37(35-36-33-27-12-5-4-9-23(27)19-22-31(33)38-35)26-20-17-24(18-21-26)28-14-8-15-30-29-13-6-7-16-32(29)39-34(28)30/h1-22H. The Hall–Kier alpha value is -4.93. The minimum atomic E-state index is 0.548. The quantitative estimate of drug-likeness (QED) is 0.232. The maximum absolute atomic E-state index is 6.37. The summed E-state index contributed by atoms with van der Waals surface area (Å²) in [5, 5.41) is 4.86. The smallest absolute Gasteiger partial charge is 0.307 e. The summed E-state index contributed by atoms with van der Waals surface area (Å²) in [4.78, 5) is 7.08. The predicted octanol–water partition coefficient (Wildman–Crippen LogP) is 10.5. The number of rotatable bonds is 4. The molecular formula is C35H22N2OS. The largest absolute Gasteiger partial charge is 0.423 e. The molecule has 8 aromatic rings. The Bertz CT molecular complexity index is 2120. The summed E-state index contributed by atoms with van der Waals surface area (Å²) in [6, 6.07) is 47.1. The van der Waals surface area contributed by atoms with Gasteiger partial charge in [-0.25, -0.2) is 0 Å². The van der Waals surface area contributed by atoms with E-state index in [1.54, 1.807) is 0 Å². The Labute approximate surface area is 229 Å². The van der Waals surface area contributed by atoms with Crippen LogP contribution in [0.1, 0.15) is 0 Å². The van der Waals surface area contributed by atoms with E-state index in [0.29, 0.717) is 6.01 Å². The topological polar surface area (TPSA) is 29.3 Å². The summed E-state index contributed by atoms with van der Waals surface area (Å²) in [5.74, 6) is 0. The first-order valence-corrected chi connectivity index (χ1v) is 13.8. The second kappa shape index (κ2) is 8.83. The molecule has 2 aromatic heterocycles. The highest BCUT2D eigenvalue weighted by molar-refractivity contribution is 7.26. The number of para-hydroxylation sites is 1. The number of nitrogens with zero attached hydrogens (tertiary/aromatic N) is 2. The molecule has 0 saturated heterocycles. The zero-order chi connectivity index (χ0) is 25.8. The third-order valence-electron chi connectivity index (χ3n) is 7.32. The van der Waals surface area contributed by atoms with Gasteiger partial charge in [0.1, 0.15) is 5.52 Å². The first kappa shape index (κ1) is 22.1. The SMILES string of the molecule is c1ccc(N(c2ccc(-c3cccc4c3sc3ccccc34)cc2)c2nc3c(ccc4ccccc43)o2)cc1. The Kier molecular flexibility index (Phi) is 5.00. The summed E-state index contributed by atoms with van der Waals surface area (Å²) in [6.07, 6.45) is 0. The molecule has 0 bridgehead atoms. The van der Waals surface area contributed by atoms with Crippen molar-refractivity contribution in [3.63, 3.8) is 0 Å². The van der Waals surface area contributed by atoms with E-state index in [-0.39, 0.29) is 0 Å². The number of aromatic nitrogens is 1. The van der Waals surface area contributed by atoms with Crippen molar-refractivity contribution in [3.05, 3.63) is 133 Å². The third-order valence-corrected chi connectivity index (χ3v) is 8.54. The zero-order valence-corrected chi connectivity index (χ0v) is 21.7. The number of hydrogen-bond donors (Lipinski definition) is 0. The second-order valence-corrected chi connectivity index (χ2v) is 10.7. The first-order chi connectivity index (χ1) is 19.3. The molecule has 0 aliphatic rings. The molecule has 39 heavy (non-hydrogen) atoms. The maximum atomic E-state index is 6.37. The van der Waals surface area contributed by atoms with Crippen LogP contribution in [-0.4, -0.2) is 4.98 Å². The fourth-order valence-electron chi connectivity index (χ4n) is 5.46. The number of benzene rings is 6. The molecule has 0 saturated carbocycles. The summed E-state index contributed by atoms with van der Waals surface area (Å²) < 4.78 is 9.00. The minimum Gasteiger partial charge on any atom is -0.423 e. The van der Waals surface area contributed by atoms with E-state index in [1.165, 1.54) is 31.3 Å². The van der Waals surface area contributed by atoms with Gasteiger partial charge in [0.25, 0.3) is 0 Å². The molecule has 0 fully saturated rings. The van der Waals surface area contributed by atoms with E-state index in [1.807, 2.05) is 47.7 Å². The van der Waals surface area contributed by atoms with E-state index < -0.39 is 0 Å². The Morgan fingerprint density at radius 3 is 2.15 bits per heavy atom. The van der Waals surface area contributed by atoms with Crippen molar-refractivity contribution >= 4 is 70.8 Å². The van der Waals surface area contributed by atoms with Crippen molar-refractivity contribution in [1.82, 2.24) is 4.98 Å². The van der Waals surface area contributed by atoms with Crippen LogP contribution in [0.15, 0.2) is 138 Å². The van der Waals surface area contributed by atoms with Gasteiger partial charge in [-0.05, 0) is 52.9 Å². The van der Waals surface area contributed by atoms with E-state index in [9.17, 15) is 0 Å². The third kappa shape index (κ3) is 3.61. The van der Waals surface area contributed by atoms with Crippen LogP contribution in [0.3, 0.4) is 0 Å². The highest BCUT2D eigenvalue weighted by Gasteiger charge is 2.20. The van der Waals surface area contributed by atoms with Crippen LogP contribution in [-0.2, 0) is 0 Å². The van der Waals surface area contributed by atoms with Crippen LogP contribution in [0.5, 0.6) is 0 Å². The van der Waals surface area contributed by atoms with Crippen LogP contribution >= 0.6 is 11.3 Å². The van der Waals surface area contributed by atoms with Gasteiger partial charge in [-0.3, -0.25) is 4.90 Å². The molecular weight excluding hydrogens is 496 g/mol. The van der Waals surface area contributed by atoms with E-state index >= 15 is 0 Å². The number of thiophene rings is 1. The maximum Gasteiger partial charge on any atom is 0.307 e. The van der Waals surface area contributed by atoms with Crippen LogP contribution in [0.2, 0.25) is 0 Å². The molecule has 0 N–H and O–H groups in total. The molecule has 0 spiro atoms. The molecule has 0 aliphatic carbocycles. The molecule has 184 valence electrons. The van der Waals surface area contributed by atoms with Gasteiger partial charge >= 0.3 is 6.01 Å². The second-order valence-electron chi connectivity index (χ2n) is 9.63. The van der Waals surface area contributed by atoms with Crippen LogP contribution < -0.4 is 4.90 Å². The summed E-state index contributed by atoms with van der Waals surface area (Å²) >= 11 is 1.86. The molecule has 0 unspecified atom stereocenters. The summed E-state index contributed by atoms with van der Waals surface area (Å²) in [6.45, 7) is 0. The number of fused-ring (bicyclic) bond motifs is 6. The van der Waals surface area contributed by atoms with Crippen LogP contribution in [0.4, 0.5) is 17.4 Å². The summed E-state index contributed by atoms with van der Waals surface area (Å²) in [5.41, 5.74) is 6.07. The normalized spacial score (nSPS) is 11.6. The van der Waals surface area contributed by atoms with Crippen molar-refractivity contribution < 1.29 is 4.42 Å². The van der Waals surface area contributed by atoms with Crippen LogP contribution in [0.25, 0.3) is 53.2 Å². The monoisotopic (exact) mass is 518 g/mol. The molecule has 0 aliphatic heterocycles. The van der Waals surface area contributed by atoms with Gasteiger partial charge in [-0.15, -0.1) is 11.3 Å². The Morgan fingerprint density at radius 2 is 1.28 bits per heavy atom. The lowest BCUT2D eigenvalue weighted by Crippen LogP contribution is -2.10. The lowest BCUT2D eigenvalue weighted by atomic mass is 10.0. The van der Waals surface area contributed by atoms with Crippen molar-refractivity contribution in [2.75, 3.05) is 4.90 Å². The number of oxazole rings is 1. The van der Waals surface area contributed by atoms with Gasteiger partial charge in [0.2, 0.25) is 0 Å². The predicted molar refractivity (Wildman–Crippen MR) is 165 cm³/mol. The molecule has 0 radical (unpaired) electrons. The molecule has 4 heteroatoms. The van der Waals surface area contributed by atoms with Crippen molar-refractivity contribution in [1.29, 1.82) is 0 Å². The molecule has 8 rings (SSSR count). The molecule has 6 aromatic carbocycles. The minimum absolute atomic E-state index is 0.548. The summed E-state index contributed by atoms with van der Waals surface area (Å²) in [7, 11) is 0. The fourth-order valence-corrected chi connectivity index (χ4v) is 6.70. The highest BCUT2D eigenvalue weighted by atomic mass is 32.1. The van der Waals surface area contributed by atoms with Gasteiger partial charge in [0.15, 0.2) is 5.58 Å². The molecule has 2 heterocycles. The number of anilines is 3. The average molecular weight is 519 g/mol. The van der Waals surface area contributed by atoms with E-state index in [0.717, 1.165) is 33.2 Å². The lowest BCUT2D eigenvalue weighted by molar-refractivity contribution is 0.608. The van der Waals surface area contributed by atoms with Crippen molar-refractivity contribution in [3.8, 4) is 11.1 Å².